The van der Waals surface area contributed by atoms with E-state index in [1.54, 1.807) is 19.1 Å². The molecule has 0 saturated heterocycles. The van der Waals surface area contributed by atoms with Gasteiger partial charge in [0.15, 0.2) is 17.6 Å². The van der Waals surface area contributed by atoms with Gasteiger partial charge < -0.3 is 19.3 Å². The van der Waals surface area contributed by atoms with Crippen molar-refractivity contribution >= 4 is 21.9 Å². The topological polar surface area (TPSA) is 65.0 Å². The van der Waals surface area contributed by atoms with Crippen molar-refractivity contribution in [3.05, 3.63) is 22.2 Å². The second-order valence-corrected chi connectivity index (χ2v) is 5.17. The Labute approximate surface area is 127 Å². The molecule has 112 valence electrons. The zero-order valence-corrected chi connectivity index (χ0v) is 13.6. The first kappa shape index (κ1) is 16.8. The summed E-state index contributed by atoms with van der Waals surface area (Å²) in [6.07, 6.45) is -1.57. The van der Waals surface area contributed by atoms with Crippen molar-refractivity contribution in [3.8, 4) is 11.5 Å². The van der Waals surface area contributed by atoms with Crippen molar-refractivity contribution in [1.29, 1.82) is 0 Å². The fourth-order valence-corrected chi connectivity index (χ4v) is 2.20. The third-order valence-corrected chi connectivity index (χ3v) is 3.16. The number of benzene rings is 1. The Balaban J connectivity index is 3.30. The van der Waals surface area contributed by atoms with Crippen LogP contribution in [0.15, 0.2) is 16.6 Å². The second-order valence-electron chi connectivity index (χ2n) is 4.31. The minimum atomic E-state index is -1.44. The SMILES string of the molecule is CCOC(=O)C(O)c1c(Br)ccc(OC)c1OC(C)C. The summed E-state index contributed by atoms with van der Waals surface area (Å²) >= 11 is 3.32. The van der Waals surface area contributed by atoms with Crippen LogP contribution < -0.4 is 9.47 Å². The van der Waals surface area contributed by atoms with Crippen LogP contribution in [0.2, 0.25) is 0 Å². The third-order valence-electron chi connectivity index (χ3n) is 2.46. The lowest BCUT2D eigenvalue weighted by molar-refractivity contribution is -0.153. The van der Waals surface area contributed by atoms with Crippen molar-refractivity contribution in [1.82, 2.24) is 0 Å². The maximum atomic E-state index is 11.7. The Bertz CT molecular complexity index is 473. The molecule has 20 heavy (non-hydrogen) atoms. The fraction of sp³-hybridized carbons (Fsp3) is 0.500. The number of ether oxygens (including phenoxy) is 3. The van der Waals surface area contributed by atoms with E-state index in [0.29, 0.717) is 21.5 Å². The minimum Gasteiger partial charge on any atom is -0.493 e. The van der Waals surface area contributed by atoms with E-state index in [2.05, 4.69) is 15.9 Å². The number of esters is 1. The summed E-state index contributed by atoms with van der Waals surface area (Å²) in [4.78, 5) is 11.7. The van der Waals surface area contributed by atoms with Crippen LogP contribution in [0.5, 0.6) is 11.5 Å². The molecule has 1 rings (SSSR count). The Morgan fingerprint density at radius 1 is 1.40 bits per heavy atom. The second kappa shape index (κ2) is 7.50. The molecule has 0 aliphatic heterocycles. The molecule has 0 heterocycles. The zero-order valence-electron chi connectivity index (χ0n) is 12.0. The molecule has 1 aromatic rings. The Morgan fingerprint density at radius 3 is 2.55 bits per heavy atom. The van der Waals surface area contributed by atoms with Crippen LogP contribution >= 0.6 is 15.9 Å². The smallest absolute Gasteiger partial charge is 0.339 e. The first-order chi connectivity index (χ1) is 9.42. The molecule has 0 saturated carbocycles. The highest BCUT2D eigenvalue weighted by molar-refractivity contribution is 9.10. The van der Waals surface area contributed by atoms with E-state index in [9.17, 15) is 9.90 Å². The predicted octanol–water partition coefficient (Wildman–Crippen LogP) is 2.84. The van der Waals surface area contributed by atoms with Gasteiger partial charge in [-0.3, -0.25) is 0 Å². The van der Waals surface area contributed by atoms with E-state index < -0.39 is 12.1 Å². The molecule has 5 nitrogen and oxygen atoms in total. The predicted molar refractivity (Wildman–Crippen MR) is 78.1 cm³/mol. The molecule has 0 amide bonds. The van der Waals surface area contributed by atoms with Crippen LogP contribution in [0, 0.1) is 0 Å². The Kier molecular flexibility index (Phi) is 6.29. The molecule has 0 aliphatic rings. The minimum absolute atomic E-state index is 0.133. The number of hydrogen-bond acceptors (Lipinski definition) is 5. The molecule has 0 bridgehead atoms. The first-order valence-electron chi connectivity index (χ1n) is 6.30. The van der Waals surface area contributed by atoms with Crippen LogP contribution in [0.3, 0.4) is 0 Å². The van der Waals surface area contributed by atoms with Gasteiger partial charge in [-0.25, -0.2) is 4.79 Å². The lowest BCUT2D eigenvalue weighted by Crippen LogP contribution is -2.18. The molecule has 0 fully saturated rings. The van der Waals surface area contributed by atoms with Gasteiger partial charge in [-0.2, -0.15) is 0 Å². The standard InChI is InChI=1S/C14H19BrO5/c1-5-19-14(17)12(16)11-9(15)6-7-10(18-4)13(11)20-8(2)3/h6-8,12,16H,5H2,1-4H3. The number of methoxy groups -OCH3 is 1. The molecule has 0 spiro atoms. The lowest BCUT2D eigenvalue weighted by Gasteiger charge is -2.21. The summed E-state index contributed by atoms with van der Waals surface area (Å²) in [5.41, 5.74) is 0.302. The van der Waals surface area contributed by atoms with Gasteiger partial charge in [0.1, 0.15) is 0 Å². The molecular weight excluding hydrogens is 328 g/mol. The first-order valence-corrected chi connectivity index (χ1v) is 7.09. The zero-order chi connectivity index (χ0) is 15.3. The Morgan fingerprint density at radius 2 is 2.05 bits per heavy atom. The van der Waals surface area contributed by atoms with Crippen LogP contribution in [0.25, 0.3) is 0 Å². The molecule has 0 aromatic heterocycles. The maximum Gasteiger partial charge on any atom is 0.339 e. The average molecular weight is 347 g/mol. The van der Waals surface area contributed by atoms with Crippen LogP contribution in [0.1, 0.15) is 32.4 Å². The number of halogens is 1. The molecule has 1 aromatic carbocycles. The van der Waals surface area contributed by atoms with Gasteiger partial charge >= 0.3 is 5.97 Å². The average Bonchev–Trinajstić information content (AvgIpc) is 2.38. The van der Waals surface area contributed by atoms with E-state index in [4.69, 9.17) is 14.2 Å². The molecule has 0 aliphatic carbocycles. The van der Waals surface area contributed by atoms with Crippen LogP contribution in [-0.2, 0) is 9.53 Å². The van der Waals surface area contributed by atoms with Crippen molar-refractivity contribution in [2.75, 3.05) is 13.7 Å². The molecule has 1 N–H and O–H groups in total. The quantitative estimate of drug-likeness (QED) is 0.802. The number of hydrogen-bond donors (Lipinski definition) is 1. The van der Waals surface area contributed by atoms with Gasteiger partial charge in [0.25, 0.3) is 0 Å². The van der Waals surface area contributed by atoms with E-state index in [1.807, 2.05) is 13.8 Å². The van der Waals surface area contributed by atoms with E-state index >= 15 is 0 Å². The van der Waals surface area contributed by atoms with E-state index in [-0.39, 0.29) is 12.7 Å². The number of rotatable bonds is 6. The van der Waals surface area contributed by atoms with Crippen molar-refractivity contribution in [2.45, 2.75) is 33.0 Å². The van der Waals surface area contributed by atoms with E-state index in [0.717, 1.165) is 0 Å². The van der Waals surface area contributed by atoms with Gasteiger partial charge in [-0.15, -0.1) is 0 Å². The fourth-order valence-electron chi connectivity index (χ4n) is 1.67. The van der Waals surface area contributed by atoms with Crippen molar-refractivity contribution in [2.24, 2.45) is 0 Å². The third kappa shape index (κ3) is 3.86. The molecule has 1 unspecified atom stereocenters. The van der Waals surface area contributed by atoms with Crippen molar-refractivity contribution in [3.63, 3.8) is 0 Å². The highest BCUT2D eigenvalue weighted by atomic mass is 79.9. The lowest BCUT2D eigenvalue weighted by atomic mass is 10.1. The molecule has 1 atom stereocenters. The number of aliphatic hydroxyl groups excluding tert-OH is 1. The summed E-state index contributed by atoms with van der Waals surface area (Å²) in [5.74, 6) is 0.0488. The highest BCUT2D eigenvalue weighted by Crippen LogP contribution is 2.40. The van der Waals surface area contributed by atoms with Gasteiger partial charge in [0.05, 0.1) is 25.4 Å². The Hall–Kier alpha value is -1.27. The summed E-state index contributed by atoms with van der Waals surface area (Å²) in [5, 5.41) is 10.2. The van der Waals surface area contributed by atoms with Gasteiger partial charge in [0, 0.05) is 4.47 Å². The normalized spacial score (nSPS) is 12.2. The molecule has 0 radical (unpaired) electrons. The highest BCUT2D eigenvalue weighted by Gasteiger charge is 2.28. The number of carbonyl (C=O) groups excluding carboxylic acids is 1. The van der Waals surface area contributed by atoms with E-state index in [1.165, 1.54) is 7.11 Å². The maximum absolute atomic E-state index is 11.7. The summed E-state index contributed by atoms with van der Waals surface area (Å²) in [7, 11) is 1.50. The summed E-state index contributed by atoms with van der Waals surface area (Å²) in [6.45, 7) is 5.57. The molecule has 6 heteroatoms. The monoisotopic (exact) mass is 346 g/mol. The number of carbonyl (C=O) groups is 1. The summed E-state index contributed by atoms with van der Waals surface area (Å²) < 4.78 is 16.3. The largest absolute Gasteiger partial charge is 0.493 e. The van der Waals surface area contributed by atoms with Crippen LogP contribution in [0.4, 0.5) is 0 Å². The van der Waals surface area contributed by atoms with Gasteiger partial charge in [-0.1, -0.05) is 15.9 Å². The molecular formula is C14H19BrO5. The van der Waals surface area contributed by atoms with Gasteiger partial charge in [0.2, 0.25) is 0 Å². The van der Waals surface area contributed by atoms with Crippen LogP contribution in [-0.4, -0.2) is 30.9 Å². The van der Waals surface area contributed by atoms with Crippen molar-refractivity contribution < 1.29 is 24.1 Å². The summed E-state index contributed by atoms with van der Waals surface area (Å²) in [6, 6.07) is 3.38. The number of aliphatic hydroxyl groups is 1. The van der Waals surface area contributed by atoms with Gasteiger partial charge in [-0.05, 0) is 32.9 Å².